The van der Waals surface area contributed by atoms with Crippen LogP contribution in [0.4, 0.5) is 11.8 Å². The first-order valence-corrected chi connectivity index (χ1v) is 6.40. The van der Waals surface area contributed by atoms with Gasteiger partial charge in [0.2, 0.25) is 5.95 Å². The van der Waals surface area contributed by atoms with Crippen molar-refractivity contribution in [2.45, 2.75) is 26.2 Å². The molecule has 5 nitrogen and oxygen atoms in total. The fourth-order valence-electron chi connectivity index (χ4n) is 1.95. The smallest absolute Gasteiger partial charge is 0.222 e. The molecule has 0 amide bonds. The van der Waals surface area contributed by atoms with E-state index in [2.05, 4.69) is 28.8 Å². The predicted octanol–water partition coefficient (Wildman–Crippen LogP) is 2.34. The van der Waals surface area contributed by atoms with Crippen molar-refractivity contribution in [1.82, 2.24) is 15.0 Å². The van der Waals surface area contributed by atoms with E-state index in [1.165, 1.54) is 0 Å². The number of aromatic nitrogens is 3. The van der Waals surface area contributed by atoms with Gasteiger partial charge >= 0.3 is 0 Å². The number of nitrogens with two attached hydrogens (primary N) is 2. The number of allylic oxidation sites excluding steroid dienone is 1. The Bertz CT molecular complexity index is 609. The summed E-state index contributed by atoms with van der Waals surface area (Å²) in [6, 6.07) is 5.88. The molecule has 5 heteroatoms. The number of nitrogen functional groups attached to an aromatic ring is 2. The molecule has 2 aromatic heterocycles. The molecule has 0 saturated carbocycles. The normalized spacial score (nSPS) is 11.9. The second-order valence-electron chi connectivity index (χ2n) is 5.24. The molecule has 0 aliphatic heterocycles. The fourth-order valence-corrected chi connectivity index (χ4v) is 1.95. The summed E-state index contributed by atoms with van der Waals surface area (Å²) in [6.07, 6.45) is 5.77. The average Bonchev–Trinajstić information content (AvgIpc) is 2.38. The third-order valence-electron chi connectivity index (χ3n) is 3.17. The monoisotopic (exact) mass is 269 g/mol. The van der Waals surface area contributed by atoms with Crippen LogP contribution in [0.25, 0.3) is 6.08 Å². The van der Waals surface area contributed by atoms with Crippen molar-refractivity contribution in [3.63, 3.8) is 0 Å². The molecule has 2 rings (SSSR count). The van der Waals surface area contributed by atoms with Crippen LogP contribution < -0.4 is 11.5 Å². The number of hydrogen-bond acceptors (Lipinski definition) is 5. The van der Waals surface area contributed by atoms with Gasteiger partial charge in [0.25, 0.3) is 0 Å². The Balaban J connectivity index is 2.34. The van der Waals surface area contributed by atoms with E-state index in [0.29, 0.717) is 5.82 Å². The first kappa shape index (κ1) is 14.0. The van der Waals surface area contributed by atoms with Gasteiger partial charge in [-0.1, -0.05) is 32.1 Å². The minimum absolute atomic E-state index is 0.195. The van der Waals surface area contributed by atoms with Gasteiger partial charge in [0.15, 0.2) is 0 Å². The Kier molecular flexibility index (Phi) is 3.70. The second-order valence-corrected chi connectivity index (χ2v) is 5.24. The van der Waals surface area contributed by atoms with Crippen molar-refractivity contribution in [1.29, 1.82) is 0 Å². The summed E-state index contributed by atoms with van der Waals surface area (Å²) >= 11 is 0. The zero-order valence-corrected chi connectivity index (χ0v) is 12.0. The van der Waals surface area contributed by atoms with E-state index in [0.717, 1.165) is 17.0 Å². The standard InChI is InChI=1S/C15H19N5/c1-10-11(13(16)20-14(17)19-10)7-8-15(2,3)12-6-4-5-9-18-12/h4-9H,1-3H3,(H4,16,17,19,20)/b8-7-. The van der Waals surface area contributed by atoms with E-state index in [4.69, 9.17) is 11.5 Å². The maximum atomic E-state index is 5.89. The molecule has 0 aromatic carbocycles. The van der Waals surface area contributed by atoms with Gasteiger partial charge in [0.1, 0.15) is 5.82 Å². The van der Waals surface area contributed by atoms with Crippen LogP contribution in [-0.2, 0) is 5.41 Å². The molecular formula is C15H19N5. The minimum atomic E-state index is -0.207. The van der Waals surface area contributed by atoms with Crippen molar-refractivity contribution in [3.05, 3.63) is 47.4 Å². The van der Waals surface area contributed by atoms with Gasteiger partial charge in [-0.05, 0) is 19.1 Å². The zero-order valence-electron chi connectivity index (χ0n) is 12.0. The van der Waals surface area contributed by atoms with E-state index >= 15 is 0 Å². The molecule has 0 fully saturated rings. The maximum absolute atomic E-state index is 5.89. The Morgan fingerprint density at radius 3 is 2.50 bits per heavy atom. The summed E-state index contributed by atoms with van der Waals surface area (Å²) < 4.78 is 0. The van der Waals surface area contributed by atoms with Crippen LogP contribution in [-0.4, -0.2) is 15.0 Å². The summed E-state index contributed by atoms with van der Waals surface area (Å²) in [5, 5.41) is 0. The molecule has 0 bridgehead atoms. The lowest BCUT2D eigenvalue weighted by atomic mass is 9.87. The van der Waals surface area contributed by atoms with E-state index < -0.39 is 0 Å². The van der Waals surface area contributed by atoms with Crippen molar-refractivity contribution in [2.75, 3.05) is 11.5 Å². The van der Waals surface area contributed by atoms with E-state index in [1.54, 1.807) is 6.20 Å². The fraction of sp³-hybridized carbons (Fsp3) is 0.267. The summed E-state index contributed by atoms with van der Waals surface area (Å²) in [5.74, 6) is 0.587. The van der Waals surface area contributed by atoms with Crippen LogP contribution in [0.3, 0.4) is 0 Å². The SMILES string of the molecule is Cc1nc(N)nc(N)c1/C=C\C(C)(C)c1ccccn1. The van der Waals surface area contributed by atoms with Crippen LogP contribution >= 0.6 is 0 Å². The highest BCUT2D eigenvalue weighted by molar-refractivity contribution is 5.65. The average molecular weight is 269 g/mol. The number of aryl methyl sites for hydroxylation is 1. The molecule has 0 atom stereocenters. The largest absolute Gasteiger partial charge is 0.383 e. The van der Waals surface area contributed by atoms with Gasteiger partial charge in [0.05, 0.1) is 5.69 Å². The Morgan fingerprint density at radius 1 is 1.15 bits per heavy atom. The third kappa shape index (κ3) is 2.93. The van der Waals surface area contributed by atoms with Crippen LogP contribution in [0.1, 0.15) is 30.8 Å². The van der Waals surface area contributed by atoms with Crippen molar-refractivity contribution >= 4 is 17.8 Å². The summed E-state index contributed by atoms with van der Waals surface area (Å²) in [5.41, 5.74) is 13.8. The minimum Gasteiger partial charge on any atom is -0.383 e. The summed E-state index contributed by atoms with van der Waals surface area (Å²) in [7, 11) is 0. The van der Waals surface area contributed by atoms with Crippen LogP contribution in [0.5, 0.6) is 0 Å². The molecule has 2 aromatic rings. The van der Waals surface area contributed by atoms with Crippen LogP contribution in [0.15, 0.2) is 30.5 Å². The molecule has 2 heterocycles. The first-order valence-electron chi connectivity index (χ1n) is 6.40. The highest BCUT2D eigenvalue weighted by Crippen LogP contribution is 2.25. The van der Waals surface area contributed by atoms with Crippen LogP contribution in [0.2, 0.25) is 0 Å². The molecule has 4 N–H and O–H groups in total. The first-order chi connectivity index (χ1) is 9.40. The van der Waals surface area contributed by atoms with E-state index in [-0.39, 0.29) is 11.4 Å². The Morgan fingerprint density at radius 2 is 1.90 bits per heavy atom. The molecule has 0 unspecified atom stereocenters. The summed E-state index contributed by atoms with van der Waals surface area (Å²) in [6.45, 7) is 6.05. The van der Waals surface area contributed by atoms with E-state index in [1.807, 2.05) is 37.3 Å². The molecule has 0 aliphatic carbocycles. The molecule has 0 radical (unpaired) electrons. The van der Waals surface area contributed by atoms with Gasteiger partial charge < -0.3 is 11.5 Å². The zero-order chi connectivity index (χ0) is 14.8. The topological polar surface area (TPSA) is 90.7 Å². The van der Waals surface area contributed by atoms with E-state index in [9.17, 15) is 0 Å². The van der Waals surface area contributed by atoms with Crippen LogP contribution in [0, 0.1) is 6.92 Å². The lowest BCUT2D eigenvalue weighted by molar-refractivity contribution is 0.646. The van der Waals surface area contributed by atoms with Crippen molar-refractivity contribution in [3.8, 4) is 0 Å². The number of hydrogen-bond donors (Lipinski definition) is 2. The second kappa shape index (κ2) is 5.28. The highest BCUT2D eigenvalue weighted by Gasteiger charge is 2.18. The van der Waals surface area contributed by atoms with Crippen molar-refractivity contribution < 1.29 is 0 Å². The molecule has 20 heavy (non-hydrogen) atoms. The number of nitrogens with zero attached hydrogens (tertiary/aromatic N) is 3. The lowest BCUT2D eigenvalue weighted by Gasteiger charge is -2.19. The van der Waals surface area contributed by atoms with Gasteiger partial charge in [-0.15, -0.1) is 0 Å². The highest BCUT2D eigenvalue weighted by atomic mass is 15.0. The predicted molar refractivity (Wildman–Crippen MR) is 81.9 cm³/mol. The number of pyridine rings is 1. The van der Waals surface area contributed by atoms with Crippen molar-refractivity contribution in [2.24, 2.45) is 0 Å². The van der Waals surface area contributed by atoms with Gasteiger partial charge in [-0.2, -0.15) is 4.98 Å². The molecule has 0 aliphatic rings. The third-order valence-corrected chi connectivity index (χ3v) is 3.17. The van der Waals surface area contributed by atoms with Gasteiger partial charge in [0, 0.05) is 22.9 Å². The van der Waals surface area contributed by atoms with Gasteiger partial charge in [-0.25, -0.2) is 4.98 Å². The maximum Gasteiger partial charge on any atom is 0.222 e. The molecule has 104 valence electrons. The quantitative estimate of drug-likeness (QED) is 0.892. The van der Waals surface area contributed by atoms with Gasteiger partial charge in [-0.3, -0.25) is 4.98 Å². The Hall–Kier alpha value is -2.43. The number of rotatable bonds is 3. The molecule has 0 saturated heterocycles. The lowest BCUT2D eigenvalue weighted by Crippen LogP contribution is -2.15. The number of anilines is 2. The Labute approximate surface area is 118 Å². The summed E-state index contributed by atoms with van der Waals surface area (Å²) in [4.78, 5) is 12.5. The molecular weight excluding hydrogens is 250 g/mol. The molecule has 0 spiro atoms.